The first-order valence-electron chi connectivity index (χ1n) is 8.00. The van der Waals surface area contributed by atoms with Gasteiger partial charge >= 0.3 is 0 Å². The lowest BCUT2D eigenvalue weighted by Crippen LogP contribution is -2.15. The maximum Gasteiger partial charge on any atom is 0.257 e. The van der Waals surface area contributed by atoms with E-state index in [2.05, 4.69) is 15.6 Å². The molecule has 126 valence electrons. The molecule has 2 aromatic carbocycles. The highest BCUT2D eigenvalue weighted by Gasteiger charge is 2.11. The van der Waals surface area contributed by atoms with E-state index in [9.17, 15) is 9.59 Å². The number of pyridine rings is 1. The van der Waals surface area contributed by atoms with E-state index < -0.39 is 0 Å². The second-order valence-corrected chi connectivity index (χ2v) is 5.78. The van der Waals surface area contributed by atoms with Crippen LogP contribution in [-0.2, 0) is 6.54 Å². The van der Waals surface area contributed by atoms with E-state index in [1.807, 2.05) is 49.4 Å². The number of aromatic amines is 1. The van der Waals surface area contributed by atoms with Gasteiger partial charge in [0.05, 0.1) is 5.56 Å². The fraction of sp³-hybridized carbons (Fsp3) is 0.100. The molecule has 25 heavy (non-hydrogen) atoms. The van der Waals surface area contributed by atoms with Crippen LogP contribution in [0.1, 0.15) is 21.5 Å². The molecule has 0 aliphatic carbocycles. The third-order valence-electron chi connectivity index (χ3n) is 3.78. The van der Waals surface area contributed by atoms with Gasteiger partial charge in [0.15, 0.2) is 0 Å². The second kappa shape index (κ2) is 7.49. The Hall–Kier alpha value is -3.34. The molecule has 3 rings (SSSR count). The van der Waals surface area contributed by atoms with Gasteiger partial charge in [-0.15, -0.1) is 0 Å². The summed E-state index contributed by atoms with van der Waals surface area (Å²) < 4.78 is 0. The highest BCUT2D eigenvalue weighted by Crippen LogP contribution is 2.18. The van der Waals surface area contributed by atoms with E-state index >= 15 is 0 Å². The Morgan fingerprint density at radius 1 is 1.04 bits per heavy atom. The molecule has 0 saturated heterocycles. The fourth-order valence-corrected chi connectivity index (χ4v) is 2.51. The lowest BCUT2D eigenvalue weighted by Gasteiger charge is -2.12. The van der Waals surface area contributed by atoms with Gasteiger partial charge in [0.2, 0.25) is 5.56 Å². The molecule has 0 bridgehead atoms. The van der Waals surface area contributed by atoms with E-state index in [4.69, 9.17) is 0 Å². The van der Waals surface area contributed by atoms with Gasteiger partial charge < -0.3 is 15.6 Å². The van der Waals surface area contributed by atoms with Crippen LogP contribution < -0.4 is 16.2 Å². The number of rotatable bonds is 5. The molecule has 0 aliphatic rings. The van der Waals surface area contributed by atoms with E-state index in [0.717, 1.165) is 22.5 Å². The summed E-state index contributed by atoms with van der Waals surface area (Å²) in [6, 6.07) is 18.2. The van der Waals surface area contributed by atoms with Crippen LogP contribution in [0.15, 0.2) is 71.7 Å². The van der Waals surface area contributed by atoms with Crippen molar-refractivity contribution < 1.29 is 4.79 Å². The van der Waals surface area contributed by atoms with Gasteiger partial charge in [0, 0.05) is 30.2 Å². The zero-order chi connectivity index (χ0) is 17.6. The van der Waals surface area contributed by atoms with Crippen molar-refractivity contribution in [1.82, 2.24) is 4.98 Å². The minimum Gasteiger partial charge on any atom is -0.380 e. The maximum absolute atomic E-state index is 12.6. The van der Waals surface area contributed by atoms with Crippen LogP contribution in [0, 0.1) is 6.92 Å². The number of para-hydroxylation sites is 1. The van der Waals surface area contributed by atoms with Crippen LogP contribution in [0.3, 0.4) is 0 Å². The van der Waals surface area contributed by atoms with Crippen LogP contribution in [0.25, 0.3) is 0 Å². The molecule has 1 aromatic heterocycles. The molecule has 5 heteroatoms. The summed E-state index contributed by atoms with van der Waals surface area (Å²) in [4.78, 5) is 26.3. The third kappa shape index (κ3) is 4.35. The van der Waals surface area contributed by atoms with Crippen molar-refractivity contribution in [3.8, 4) is 0 Å². The highest BCUT2D eigenvalue weighted by molar-refractivity contribution is 6.08. The van der Waals surface area contributed by atoms with Crippen molar-refractivity contribution in [3.05, 3.63) is 93.9 Å². The van der Waals surface area contributed by atoms with E-state index in [1.165, 1.54) is 6.07 Å². The number of aryl methyl sites for hydroxylation is 1. The molecule has 0 radical (unpaired) electrons. The minimum absolute atomic E-state index is 0.137. The number of H-pyrrole nitrogens is 1. The summed E-state index contributed by atoms with van der Waals surface area (Å²) in [6.07, 6.45) is 1.66. The normalized spacial score (nSPS) is 10.3. The van der Waals surface area contributed by atoms with Crippen LogP contribution in [-0.4, -0.2) is 10.9 Å². The SMILES string of the molecule is Cc1cccc(NC(=O)c2ccccc2NCc2ccc(=O)[nH]c2)c1. The monoisotopic (exact) mass is 333 g/mol. The summed E-state index contributed by atoms with van der Waals surface area (Å²) in [7, 11) is 0. The van der Waals surface area contributed by atoms with Gasteiger partial charge in [-0.05, 0) is 42.3 Å². The van der Waals surface area contributed by atoms with E-state index in [-0.39, 0.29) is 11.5 Å². The van der Waals surface area contributed by atoms with Gasteiger partial charge in [-0.25, -0.2) is 0 Å². The third-order valence-corrected chi connectivity index (χ3v) is 3.78. The van der Waals surface area contributed by atoms with Gasteiger partial charge in [-0.2, -0.15) is 0 Å². The first-order chi connectivity index (χ1) is 12.1. The largest absolute Gasteiger partial charge is 0.380 e. The lowest BCUT2D eigenvalue weighted by atomic mass is 10.1. The molecule has 0 unspecified atom stereocenters. The average Bonchev–Trinajstić information content (AvgIpc) is 2.61. The quantitative estimate of drug-likeness (QED) is 0.668. The number of carbonyl (C=O) groups excluding carboxylic acids is 1. The zero-order valence-electron chi connectivity index (χ0n) is 13.9. The lowest BCUT2D eigenvalue weighted by molar-refractivity contribution is 0.102. The molecular weight excluding hydrogens is 314 g/mol. The summed E-state index contributed by atoms with van der Waals surface area (Å²) in [5.41, 5.74) is 3.94. The van der Waals surface area contributed by atoms with Gasteiger partial charge in [-0.1, -0.05) is 30.3 Å². The first-order valence-corrected chi connectivity index (χ1v) is 8.00. The van der Waals surface area contributed by atoms with Gasteiger partial charge in [-0.3, -0.25) is 9.59 Å². The van der Waals surface area contributed by atoms with Crippen molar-refractivity contribution in [1.29, 1.82) is 0 Å². The fourth-order valence-electron chi connectivity index (χ4n) is 2.51. The van der Waals surface area contributed by atoms with Gasteiger partial charge in [0.1, 0.15) is 0 Å². The number of carbonyl (C=O) groups is 1. The second-order valence-electron chi connectivity index (χ2n) is 5.78. The number of amides is 1. The van der Waals surface area contributed by atoms with Crippen molar-refractivity contribution in [2.24, 2.45) is 0 Å². The summed E-state index contributed by atoms with van der Waals surface area (Å²) in [5.74, 6) is -0.171. The molecular formula is C20H19N3O2. The van der Waals surface area contributed by atoms with Crippen LogP contribution >= 0.6 is 0 Å². The van der Waals surface area contributed by atoms with Gasteiger partial charge in [0.25, 0.3) is 5.91 Å². The van der Waals surface area contributed by atoms with Crippen LogP contribution in [0.2, 0.25) is 0 Å². The predicted octanol–water partition coefficient (Wildman–Crippen LogP) is 3.55. The summed E-state index contributed by atoms with van der Waals surface area (Å²) in [6.45, 7) is 2.49. The van der Waals surface area contributed by atoms with Crippen molar-refractivity contribution in [2.45, 2.75) is 13.5 Å². The molecule has 0 spiro atoms. The maximum atomic E-state index is 12.6. The molecule has 1 heterocycles. The first kappa shape index (κ1) is 16.5. The number of benzene rings is 2. The van der Waals surface area contributed by atoms with Crippen molar-refractivity contribution >= 4 is 17.3 Å². The number of aromatic nitrogens is 1. The Balaban J connectivity index is 1.74. The predicted molar refractivity (Wildman–Crippen MR) is 100.0 cm³/mol. The number of hydrogen-bond donors (Lipinski definition) is 3. The number of hydrogen-bond acceptors (Lipinski definition) is 3. The molecule has 0 aliphatic heterocycles. The minimum atomic E-state index is -0.171. The average molecular weight is 333 g/mol. The molecule has 3 aromatic rings. The van der Waals surface area contributed by atoms with E-state index in [0.29, 0.717) is 12.1 Å². The summed E-state index contributed by atoms with van der Waals surface area (Å²) >= 11 is 0. The molecule has 3 N–H and O–H groups in total. The standard InChI is InChI=1S/C20H19N3O2/c1-14-5-4-6-16(11-14)23-20(25)17-7-2-3-8-18(17)21-12-15-9-10-19(24)22-13-15/h2-11,13,21H,12H2,1H3,(H,22,24)(H,23,25). The summed E-state index contributed by atoms with van der Waals surface area (Å²) in [5, 5.41) is 6.16. The van der Waals surface area contributed by atoms with Crippen LogP contribution in [0.4, 0.5) is 11.4 Å². The molecule has 5 nitrogen and oxygen atoms in total. The van der Waals surface area contributed by atoms with Crippen molar-refractivity contribution in [3.63, 3.8) is 0 Å². The molecule has 0 fully saturated rings. The number of anilines is 2. The smallest absolute Gasteiger partial charge is 0.257 e. The molecule has 0 saturated carbocycles. The molecule has 1 amide bonds. The zero-order valence-corrected chi connectivity index (χ0v) is 13.9. The Kier molecular flexibility index (Phi) is 4.95. The highest BCUT2D eigenvalue weighted by atomic mass is 16.1. The Morgan fingerprint density at radius 2 is 1.88 bits per heavy atom. The molecule has 0 atom stereocenters. The Morgan fingerprint density at radius 3 is 2.64 bits per heavy atom. The number of nitrogens with one attached hydrogen (secondary N) is 3. The van der Waals surface area contributed by atoms with Crippen molar-refractivity contribution in [2.75, 3.05) is 10.6 Å². The topological polar surface area (TPSA) is 74.0 Å². The Bertz CT molecular complexity index is 927. The van der Waals surface area contributed by atoms with E-state index in [1.54, 1.807) is 18.3 Å². The Labute approximate surface area is 145 Å². The van der Waals surface area contributed by atoms with Crippen LogP contribution in [0.5, 0.6) is 0 Å².